The number of aliphatic hydroxyl groups is 2. The lowest BCUT2D eigenvalue weighted by atomic mass is 10.5. The highest BCUT2D eigenvalue weighted by Crippen LogP contribution is 1.89. The molecular weight excluding hydrogens is 192 g/mol. The zero-order valence-electron chi connectivity index (χ0n) is 8.61. The lowest BCUT2D eigenvalue weighted by molar-refractivity contribution is -0.135. The first kappa shape index (κ1) is 18.1. The number of carboxylic acid groups (broad SMARTS) is 2. The summed E-state index contributed by atoms with van der Waals surface area (Å²) >= 11 is 0. The van der Waals surface area contributed by atoms with Gasteiger partial charge in [0.05, 0.1) is 0 Å². The predicted octanol–water partition coefficient (Wildman–Crippen LogP) is 1.54. The number of rotatable bonds is 0. The van der Waals surface area contributed by atoms with Crippen molar-refractivity contribution < 1.29 is 30.0 Å². The first-order chi connectivity index (χ1) is 6.11. The minimum absolute atomic E-state index is 0.0185. The van der Waals surface area contributed by atoms with Crippen molar-refractivity contribution in [1.29, 1.82) is 0 Å². The molecule has 84 valence electrons. The topological polar surface area (TPSA) is 115 Å². The maximum absolute atomic E-state index is 9.00. The highest BCUT2D eigenvalue weighted by molar-refractivity contribution is 5.63. The molecule has 0 amide bonds. The van der Waals surface area contributed by atoms with Crippen molar-refractivity contribution in [2.24, 2.45) is 0 Å². The van der Waals surface area contributed by atoms with Crippen LogP contribution >= 0.6 is 0 Å². The van der Waals surface area contributed by atoms with E-state index in [-0.39, 0.29) is 11.5 Å². The highest BCUT2D eigenvalue weighted by atomic mass is 16.4. The number of aliphatic hydroxyl groups excluding tert-OH is 2. The minimum Gasteiger partial charge on any atom is -0.509 e. The smallest absolute Gasteiger partial charge is 0.300 e. The largest absolute Gasteiger partial charge is 0.509 e. The zero-order chi connectivity index (χ0) is 12.3. The quantitative estimate of drug-likeness (QED) is 0.449. The maximum atomic E-state index is 9.00. The van der Waals surface area contributed by atoms with Crippen LogP contribution in [-0.4, -0.2) is 32.4 Å². The molecule has 0 saturated carbocycles. The van der Waals surface area contributed by atoms with Gasteiger partial charge in [-0.15, -0.1) is 0 Å². The van der Waals surface area contributed by atoms with Gasteiger partial charge < -0.3 is 20.4 Å². The normalized spacial score (nSPS) is 9.43. The van der Waals surface area contributed by atoms with Gasteiger partial charge in [0.15, 0.2) is 0 Å². The molecule has 0 aliphatic heterocycles. The third kappa shape index (κ3) is 170. The van der Waals surface area contributed by atoms with Gasteiger partial charge in [-0.05, 0) is 13.8 Å². The summed E-state index contributed by atoms with van der Waals surface area (Å²) in [4.78, 5) is 18.0. The summed E-state index contributed by atoms with van der Waals surface area (Å²) in [6.45, 7) is 5.02. The molecule has 0 fully saturated rings. The Balaban J connectivity index is -0.000000135. The molecule has 0 atom stereocenters. The van der Waals surface area contributed by atoms with E-state index in [0.717, 1.165) is 13.8 Å². The van der Waals surface area contributed by atoms with Gasteiger partial charge in [-0.25, -0.2) is 0 Å². The molecule has 6 heteroatoms. The number of hydrogen-bond donors (Lipinski definition) is 4. The van der Waals surface area contributed by atoms with E-state index in [1.807, 2.05) is 0 Å². The van der Waals surface area contributed by atoms with E-state index in [1.54, 1.807) is 0 Å². The standard InChI is InChI=1S/C4H8O2.2C2H4O2/c1-3(5)4(2)6;2*1-2(3)4/h5-6H,1-2H3;2*1H3,(H,3,4). The van der Waals surface area contributed by atoms with Crippen LogP contribution in [0.2, 0.25) is 0 Å². The summed E-state index contributed by atoms with van der Waals surface area (Å²) in [6, 6.07) is 0. The van der Waals surface area contributed by atoms with E-state index in [9.17, 15) is 0 Å². The fourth-order valence-electron chi connectivity index (χ4n) is 0. The van der Waals surface area contributed by atoms with Gasteiger partial charge in [-0.2, -0.15) is 0 Å². The van der Waals surface area contributed by atoms with Crippen LogP contribution in [0.4, 0.5) is 0 Å². The number of carboxylic acids is 2. The Hall–Kier alpha value is -1.72. The van der Waals surface area contributed by atoms with Crippen LogP contribution in [-0.2, 0) is 9.59 Å². The average Bonchev–Trinajstić information content (AvgIpc) is 1.83. The van der Waals surface area contributed by atoms with Gasteiger partial charge in [0.1, 0.15) is 11.5 Å². The van der Waals surface area contributed by atoms with Gasteiger partial charge in [-0.1, -0.05) is 0 Å². The van der Waals surface area contributed by atoms with Crippen molar-refractivity contribution >= 4 is 11.9 Å². The van der Waals surface area contributed by atoms with Crippen molar-refractivity contribution in [1.82, 2.24) is 0 Å². The number of aliphatic carboxylic acids is 2. The summed E-state index contributed by atoms with van der Waals surface area (Å²) in [7, 11) is 0. The molecule has 0 aromatic carbocycles. The summed E-state index contributed by atoms with van der Waals surface area (Å²) in [5.74, 6) is -1.70. The summed E-state index contributed by atoms with van der Waals surface area (Å²) in [5.41, 5.74) is 0. The van der Waals surface area contributed by atoms with Gasteiger partial charge >= 0.3 is 0 Å². The molecule has 6 nitrogen and oxygen atoms in total. The molecule has 0 aliphatic carbocycles. The SMILES string of the molecule is CC(=O)O.CC(=O)O.CC(O)=C(C)O. The predicted molar refractivity (Wildman–Crippen MR) is 50.3 cm³/mol. The number of hydrogen-bond acceptors (Lipinski definition) is 4. The Labute approximate surface area is 82.1 Å². The molecule has 14 heavy (non-hydrogen) atoms. The number of allylic oxidation sites excluding steroid dienone is 2. The lowest BCUT2D eigenvalue weighted by Gasteiger charge is -1.86. The van der Waals surface area contributed by atoms with Crippen LogP contribution in [0.25, 0.3) is 0 Å². The highest BCUT2D eigenvalue weighted by Gasteiger charge is 1.82. The molecule has 0 aliphatic rings. The van der Waals surface area contributed by atoms with Crippen LogP contribution in [0.15, 0.2) is 11.5 Å². The van der Waals surface area contributed by atoms with Gasteiger partial charge in [0.2, 0.25) is 0 Å². The molecule has 0 aromatic rings. The van der Waals surface area contributed by atoms with E-state index in [0.29, 0.717) is 0 Å². The lowest BCUT2D eigenvalue weighted by Crippen LogP contribution is -1.78. The molecular formula is C8H16O6. The molecule has 4 N–H and O–H groups in total. The summed E-state index contributed by atoms with van der Waals surface area (Å²) < 4.78 is 0. The minimum atomic E-state index is -0.833. The molecule has 0 saturated heterocycles. The van der Waals surface area contributed by atoms with Gasteiger partial charge in [0, 0.05) is 13.8 Å². The Kier molecular flexibility index (Phi) is 14.6. The van der Waals surface area contributed by atoms with Crippen LogP contribution in [0, 0.1) is 0 Å². The first-order valence-electron chi connectivity index (χ1n) is 3.55. The van der Waals surface area contributed by atoms with E-state index in [2.05, 4.69) is 0 Å². The Bertz CT molecular complexity index is 168. The van der Waals surface area contributed by atoms with Crippen molar-refractivity contribution in [3.63, 3.8) is 0 Å². The van der Waals surface area contributed by atoms with Crippen molar-refractivity contribution in [2.45, 2.75) is 27.7 Å². The second-order valence-corrected chi connectivity index (χ2v) is 2.21. The average molecular weight is 208 g/mol. The fraction of sp³-hybridized carbons (Fsp3) is 0.500. The summed E-state index contributed by atoms with van der Waals surface area (Å²) in [5, 5.41) is 31.4. The second kappa shape index (κ2) is 11.3. The Morgan fingerprint density at radius 1 is 0.643 bits per heavy atom. The van der Waals surface area contributed by atoms with Crippen molar-refractivity contribution in [2.75, 3.05) is 0 Å². The van der Waals surface area contributed by atoms with E-state index < -0.39 is 11.9 Å². The van der Waals surface area contributed by atoms with Crippen molar-refractivity contribution in [3.8, 4) is 0 Å². The molecule has 0 rings (SSSR count). The fourth-order valence-corrected chi connectivity index (χ4v) is 0. The Morgan fingerprint density at radius 3 is 0.714 bits per heavy atom. The van der Waals surface area contributed by atoms with E-state index >= 15 is 0 Å². The summed E-state index contributed by atoms with van der Waals surface area (Å²) in [6.07, 6.45) is 0. The third-order valence-corrected chi connectivity index (χ3v) is 0.524. The van der Waals surface area contributed by atoms with Gasteiger partial charge in [-0.3, -0.25) is 9.59 Å². The first-order valence-corrected chi connectivity index (χ1v) is 3.55. The number of carbonyl (C=O) groups is 2. The molecule has 0 aromatic heterocycles. The monoisotopic (exact) mass is 208 g/mol. The molecule has 0 heterocycles. The van der Waals surface area contributed by atoms with Gasteiger partial charge in [0.25, 0.3) is 11.9 Å². The van der Waals surface area contributed by atoms with Crippen molar-refractivity contribution in [3.05, 3.63) is 11.5 Å². The molecule has 0 spiro atoms. The molecule has 0 radical (unpaired) electrons. The van der Waals surface area contributed by atoms with E-state index in [4.69, 9.17) is 30.0 Å². The third-order valence-electron chi connectivity index (χ3n) is 0.524. The molecule has 0 bridgehead atoms. The maximum Gasteiger partial charge on any atom is 0.300 e. The van der Waals surface area contributed by atoms with Crippen LogP contribution < -0.4 is 0 Å². The van der Waals surface area contributed by atoms with Crippen LogP contribution in [0.1, 0.15) is 27.7 Å². The van der Waals surface area contributed by atoms with E-state index in [1.165, 1.54) is 13.8 Å². The molecule has 0 unspecified atom stereocenters. The Morgan fingerprint density at radius 2 is 0.714 bits per heavy atom. The second-order valence-electron chi connectivity index (χ2n) is 2.21. The van der Waals surface area contributed by atoms with Crippen LogP contribution in [0.3, 0.4) is 0 Å². The zero-order valence-corrected chi connectivity index (χ0v) is 8.61. The van der Waals surface area contributed by atoms with Crippen LogP contribution in [0.5, 0.6) is 0 Å².